The Balaban J connectivity index is 1.82. The molecule has 0 radical (unpaired) electrons. The third kappa shape index (κ3) is 3.83. The monoisotopic (exact) mass is 275 g/mol. The average Bonchev–Trinajstić information content (AvgIpc) is 2.35. The van der Waals surface area contributed by atoms with Crippen molar-refractivity contribution in [1.29, 1.82) is 0 Å². The molecule has 1 fully saturated rings. The first-order chi connectivity index (χ1) is 9.49. The topological polar surface area (TPSA) is 66.4 Å². The van der Waals surface area contributed by atoms with Crippen LogP contribution >= 0.6 is 0 Å². The summed E-state index contributed by atoms with van der Waals surface area (Å²) < 4.78 is 0. The summed E-state index contributed by atoms with van der Waals surface area (Å²) in [6, 6.07) is 7.87. The van der Waals surface area contributed by atoms with E-state index < -0.39 is 5.97 Å². The smallest absolute Gasteiger partial charge is 0.303 e. The maximum Gasteiger partial charge on any atom is 0.303 e. The van der Waals surface area contributed by atoms with Crippen molar-refractivity contribution in [1.82, 2.24) is 5.32 Å². The van der Waals surface area contributed by atoms with E-state index in [2.05, 4.69) is 5.32 Å². The molecule has 2 N–H and O–H groups in total. The summed E-state index contributed by atoms with van der Waals surface area (Å²) in [5.41, 5.74) is 1.94. The number of nitrogens with one attached hydrogen (secondary N) is 1. The highest BCUT2D eigenvalue weighted by atomic mass is 16.4. The molecule has 0 heterocycles. The Bertz CT molecular complexity index is 489. The van der Waals surface area contributed by atoms with Crippen LogP contribution in [0.4, 0.5) is 0 Å². The van der Waals surface area contributed by atoms with Gasteiger partial charge in [-0.3, -0.25) is 9.59 Å². The average molecular weight is 275 g/mol. The number of aliphatic carboxylic acids is 1. The lowest BCUT2D eigenvalue weighted by Crippen LogP contribution is -2.43. The molecule has 4 nitrogen and oxygen atoms in total. The van der Waals surface area contributed by atoms with E-state index >= 15 is 0 Å². The number of hydrogen-bond donors (Lipinski definition) is 2. The van der Waals surface area contributed by atoms with E-state index in [-0.39, 0.29) is 17.7 Å². The maximum absolute atomic E-state index is 11.9. The highest BCUT2D eigenvalue weighted by molar-refractivity contribution is 5.78. The second kappa shape index (κ2) is 6.07. The minimum absolute atomic E-state index is 0.0366. The molecular formula is C16H21NO3. The third-order valence-corrected chi connectivity index (χ3v) is 4.09. The fraction of sp³-hybridized carbons (Fsp3) is 0.500. The number of amides is 1. The van der Waals surface area contributed by atoms with Crippen LogP contribution in [0.3, 0.4) is 0 Å². The van der Waals surface area contributed by atoms with Gasteiger partial charge in [0.1, 0.15) is 0 Å². The fourth-order valence-electron chi connectivity index (χ4n) is 2.65. The molecule has 1 aliphatic carbocycles. The first-order valence-corrected chi connectivity index (χ1v) is 7.03. The van der Waals surface area contributed by atoms with Gasteiger partial charge in [-0.2, -0.15) is 0 Å². The molecular weight excluding hydrogens is 254 g/mol. The lowest BCUT2D eigenvalue weighted by atomic mass is 9.66. The Kier molecular flexibility index (Phi) is 4.42. The van der Waals surface area contributed by atoms with Gasteiger partial charge in [0, 0.05) is 6.54 Å². The number of hydrogen-bond acceptors (Lipinski definition) is 2. The number of carbonyl (C=O) groups is 2. The lowest BCUT2D eigenvalue weighted by Gasteiger charge is -2.40. The summed E-state index contributed by atoms with van der Waals surface area (Å²) in [7, 11) is 0. The summed E-state index contributed by atoms with van der Waals surface area (Å²) in [6.07, 6.45) is 3.34. The summed E-state index contributed by atoms with van der Waals surface area (Å²) in [5, 5.41) is 11.8. The second-order valence-corrected chi connectivity index (χ2v) is 5.86. The van der Waals surface area contributed by atoms with Gasteiger partial charge in [-0.05, 0) is 30.7 Å². The Morgan fingerprint density at radius 1 is 1.25 bits per heavy atom. The van der Waals surface area contributed by atoms with Gasteiger partial charge in [0.2, 0.25) is 5.91 Å². The van der Waals surface area contributed by atoms with Crippen LogP contribution in [0.1, 0.15) is 36.8 Å². The van der Waals surface area contributed by atoms with Crippen LogP contribution in [0.5, 0.6) is 0 Å². The molecule has 0 aliphatic heterocycles. The molecule has 2 rings (SSSR count). The maximum atomic E-state index is 11.9. The van der Waals surface area contributed by atoms with Crippen molar-refractivity contribution >= 4 is 11.9 Å². The molecule has 0 bridgehead atoms. The van der Waals surface area contributed by atoms with E-state index in [1.807, 2.05) is 31.2 Å². The SMILES string of the molecule is Cc1ccc(CC(=O)NCC2(CC(=O)O)CCC2)cc1. The molecule has 0 aromatic heterocycles. The Hall–Kier alpha value is -1.84. The van der Waals surface area contributed by atoms with E-state index in [1.54, 1.807) is 0 Å². The molecule has 1 amide bonds. The summed E-state index contributed by atoms with van der Waals surface area (Å²) >= 11 is 0. The van der Waals surface area contributed by atoms with Crippen LogP contribution in [-0.2, 0) is 16.0 Å². The van der Waals surface area contributed by atoms with E-state index in [1.165, 1.54) is 5.56 Å². The molecule has 1 saturated carbocycles. The van der Waals surface area contributed by atoms with Crippen molar-refractivity contribution in [3.05, 3.63) is 35.4 Å². The van der Waals surface area contributed by atoms with Crippen LogP contribution in [0.15, 0.2) is 24.3 Å². The molecule has 1 aliphatic rings. The molecule has 0 unspecified atom stereocenters. The van der Waals surface area contributed by atoms with E-state index in [4.69, 9.17) is 5.11 Å². The molecule has 20 heavy (non-hydrogen) atoms. The zero-order valence-electron chi connectivity index (χ0n) is 11.8. The number of carboxylic acids is 1. The predicted octanol–water partition coefficient (Wildman–Crippen LogP) is 2.30. The van der Waals surface area contributed by atoms with Gasteiger partial charge in [-0.1, -0.05) is 36.2 Å². The van der Waals surface area contributed by atoms with Crippen LogP contribution < -0.4 is 5.32 Å². The largest absolute Gasteiger partial charge is 0.481 e. The van der Waals surface area contributed by atoms with Crippen molar-refractivity contribution in [2.24, 2.45) is 5.41 Å². The number of carboxylic acid groups (broad SMARTS) is 1. The summed E-state index contributed by atoms with van der Waals surface area (Å²) in [4.78, 5) is 22.8. The summed E-state index contributed by atoms with van der Waals surface area (Å²) in [6.45, 7) is 2.49. The van der Waals surface area contributed by atoms with Gasteiger partial charge in [0.05, 0.1) is 12.8 Å². The standard InChI is InChI=1S/C16H21NO3/c1-12-3-5-13(6-4-12)9-14(18)17-11-16(7-2-8-16)10-15(19)20/h3-6H,2,7-11H2,1H3,(H,17,18)(H,19,20). The quantitative estimate of drug-likeness (QED) is 0.837. The minimum Gasteiger partial charge on any atom is -0.481 e. The second-order valence-electron chi connectivity index (χ2n) is 5.86. The summed E-state index contributed by atoms with van der Waals surface area (Å²) in [5.74, 6) is -0.817. The molecule has 0 atom stereocenters. The molecule has 1 aromatic carbocycles. The van der Waals surface area contributed by atoms with Gasteiger partial charge in [0.25, 0.3) is 0 Å². The first kappa shape index (κ1) is 14.6. The zero-order chi connectivity index (χ0) is 14.6. The van der Waals surface area contributed by atoms with Crippen LogP contribution in [0.2, 0.25) is 0 Å². The van der Waals surface area contributed by atoms with Crippen molar-refractivity contribution in [2.75, 3.05) is 6.54 Å². The van der Waals surface area contributed by atoms with Gasteiger partial charge < -0.3 is 10.4 Å². The molecule has 1 aromatic rings. The van der Waals surface area contributed by atoms with Crippen molar-refractivity contribution in [2.45, 2.75) is 39.0 Å². The Labute approximate surface area is 119 Å². The zero-order valence-corrected chi connectivity index (χ0v) is 11.8. The van der Waals surface area contributed by atoms with Crippen LogP contribution in [0.25, 0.3) is 0 Å². The third-order valence-electron chi connectivity index (χ3n) is 4.09. The first-order valence-electron chi connectivity index (χ1n) is 7.03. The minimum atomic E-state index is -0.780. The number of carbonyl (C=O) groups excluding carboxylic acids is 1. The Morgan fingerprint density at radius 3 is 2.40 bits per heavy atom. The van der Waals surface area contributed by atoms with Gasteiger partial charge >= 0.3 is 5.97 Å². The highest BCUT2D eigenvalue weighted by Crippen LogP contribution is 2.43. The van der Waals surface area contributed by atoms with Gasteiger partial charge in [0.15, 0.2) is 0 Å². The lowest BCUT2D eigenvalue weighted by molar-refractivity contribution is -0.141. The number of aryl methyl sites for hydroxylation is 1. The van der Waals surface area contributed by atoms with Crippen molar-refractivity contribution in [3.8, 4) is 0 Å². The van der Waals surface area contributed by atoms with Crippen LogP contribution in [-0.4, -0.2) is 23.5 Å². The fourth-order valence-corrected chi connectivity index (χ4v) is 2.65. The van der Waals surface area contributed by atoms with E-state index in [0.29, 0.717) is 13.0 Å². The molecule has 0 saturated heterocycles. The predicted molar refractivity (Wildman–Crippen MR) is 76.4 cm³/mol. The molecule has 0 spiro atoms. The molecule has 108 valence electrons. The normalized spacial score (nSPS) is 16.2. The highest BCUT2D eigenvalue weighted by Gasteiger charge is 2.39. The van der Waals surface area contributed by atoms with E-state index in [0.717, 1.165) is 24.8 Å². The van der Waals surface area contributed by atoms with Crippen molar-refractivity contribution in [3.63, 3.8) is 0 Å². The number of rotatable bonds is 6. The van der Waals surface area contributed by atoms with Crippen LogP contribution in [0, 0.1) is 12.3 Å². The van der Waals surface area contributed by atoms with E-state index in [9.17, 15) is 9.59 Å². The number of benzene rings is 1. The Morgan fingerprint density at radius 2 is 1.90 bits per heavy atom. The van der Waals surface area contributed by atoms with Crippen molar-refractivity contribution < 1.29 is 14.7 Å². The van der Waals surface area contributed by atoms with Gasteiger partial charge in [-0.25, -0.2) is 0 Å². The molecule has 4 heteroatoms. The van der Waals surface area contributed by atoms with Gasteiger partial charge in [-0.15, -0.1) is 0 Å².